The van der Waals surface area contributed by atoms with Crippen LogP contribution in [0.5, 0.6) is 0 Å². The highest BCUT2D eigenvalue weighted by atomic mass is 16.1. The number of benzene rings is 2. The molecule has 0 spiro atoms. The summed E-state index contributed by atoms with van der Waals surface area (Å²) >= 11 is 0. The molecule has 1 aliphatic rings. The van der Waals surface area contributed by atoms with Gasteiger partial charge in [-0.15, -0.1) is 0 Å². The van der Waals surface area contributed by atoms with Crippen molar-refractivity contribution < 1.29 is 4.79 Å². The Morgan fingerprint density at radius 2 is 1.90 bits per heavy atom. The zero-order chi connectivity index (χ0) is 21.5. The van der Waals surface area contributed by atoms with Gasteiger partial charge in [-0.25, -0.2) is 0 Å². The molecular formula is C27H34N2O. The van der Waals surface area contributed by atoms with Gasteiger partial charge in [0, 0.05) is 23.3 Å². The van der Waals surface area contributed by atoms with Crippen LogP contribution in [0.1, 0.15) is 80.2 Å². The number of carbonyl (C=O) groups is 1. The molecule has 0 saturated heterocycles. The van der Waals surface area contributed by atoms with Crippen molar-refractivity contribution in [2.24, 2.45) is 5.92 Å². The molecule has 1 N–H and O–H groups in total. The van der Waals surface area contributed by atoms with E-state index in [9.17, 15) is 4.79 Å². The Morgan fingerprint density at radius 3 is 2.57 bits per heavy atom. The number of rotatable bonds is 5. The Balaban J connectivity index is 1.55. The summed E-state index contributed by atoms with van der Waals surface area (Å²) in [5, 5.41) is 4.41. The second-order valence-corrected chi connectivity index (χ2v) is 10.0. The number of aromatic nitrogens is 1. The fourth-order valence-electron chi connectivity index (χ4n) is 4.35. The highest BCUT2D eigenvalue weighted by Crippen LogP contribution is 2.31. The smallest absolute Gasteiger partial charge is 0.251 e. The first-order chi connectivity index (χ1) is 14.2. The number of amides is 1. The van der Waals surface area contributed by atoms with Crippen molar-refractivity contribution in [1.82, 2.24) is 9.88 Å². The van der Waals surface area contributed by atoms with Gasteiger partial charge in [0.1, 0.15) is 0 Å². The molecular weight excluding hydrogens is 368 g/mol. The van der Waals surface area contributed by atoms with Gasteiger partial charge >= 0.3 is 0 Å². The summed E-state index contributed by atoms with van der Waals surface area (Å²) in [5.74, 6) is 0.770. The molecule has 0 bridgehead atoms. The quantitative estimate of drug-likeness (QED) is 0.516. The molecule has 1 amide bonds. The minimum atomic E-state index is -0.0426. The van der Waals surface area contributed by atoms with E-state index in [2.05, 4.69) is 87.0 Å². The summed E-state index contributed by atoms with van der Waals surface area (Å²) in [6, 6.07) is 16.8. The lowest BCUT2D eigenvalue weighted by Gasteiger charge is -2.27. The number of nitrogens with zero attached hydrogens (tertiary/aromatic N) is 1. The lowest BCUT2D eigenvalue weighted by molar-refractivity contribution is 0.0940. The number of aryl methyl sites for hydroxylation is 1. The van der Waals surface area contributed by atoms with E-state index in [1.54, 1.807) is 0 Å². The third kappa shape index (κ3) is 4.16. The van der Waals surface area contributed by atoms with Crippen LogP contribution < -0.4 is 5.32 Å². The molecule has 3 heteroatoms. The average molecular weight is 403 g/mol. The first-order valence-corrected chi connectivity index (χ1v) is 11.2. The molecule has 0 aliphatic heterocycles. The normalized spacial score (nSPS) is 15.8. The van der Waals surface area contributed by atoms with Gasteiger partial charge in [0.15, 0.2) is 0 Å². The summed E-state index contributed by atoms with van der Waals surface area (Å²) in [5.41, 5.74) is 5.70. The molecule has 1 atom stereocenters. The summed E-state index contributed by atoms with van der Waals surface area (Å²) in [4.78, 5) is 13.0. The topological polar surface area (TPSA) is 34.0 Å². The molecule has 1 heterocycles. The molecule has 3 nitrogen and oxygen atoms in total. The van der Waals surface area contributed by atoms with Crippen LogP contribution in [0.4, 0.5) is 0 Å². The number of fused-ring (bicyclic) bond motifs is 1. The molecule has 0 unspecified atom stereocenters. The van der Waals surface area contributed by atoms with E-state index in [1.807, 2.05) is 6.07 Å². The Morgan fingerprint density at radius 1 is 1.13 bits per heavy atom. The van der Waals surface area contributed by atoms with Crippen LogP contribution in [0, 0.1) is 12.8 Å². The number of nitrogens with one attached hydrogen (secondary N) is 1. The molecule has 2 aromatic carbocycles. The molecule has 158 valence electrons. The monoisotopic (exact) mass is 402 g/mol. The maximum atomic E-state index is 13.0. The van der Waals surface area contributed by atoms with Crippen LogP contribution in [-0.2, 0) is 12.0 Å². The summed E-state index contributed by atoms with van der Waals surface area (Å²) in [6.45, 7) is 11.9. The fraction of sp³-hybridized carbons (Fsp3) is 0.444. The van der Waals surface area contributed by atoms with E-state index in [-0.39, 0.29) is 17.4 Å². The molecule has 1 fully saturated rings. The Labute approximate surface area is 180 Å². The van der Waals surface area contributed by atoms with Crippen LogP contribution >= 0.6 is 0 Å². The van der Waals surface area contributed by atoms with Gasteiger partial charge in [0.25, 0.3) is 5.91 Å². The first kappa shape index (κ1) is 20.7. The standard InChI is InChI=1S/C27H34N2O/c1-18-14-22-12-13-23(16-25(22)29(18)17-20-8-6-9-20)26(30)28-19(2)21-10-7-11-24(15-21)27(3,4)5/h7,10-16,19-20H,6,8-9,17H2,1-5H3,(H,28,30)/t19-/m0/s1. The number of hydrogen-bond acceptors (Lipinski definition) is 1. The van der Waals surface area contributed by atoms with Gasteiger partial charge < -0.3 is 9.88 Å². The molecule has 0 radical (unpaired) electrons. The molecule has 1 saturated carbocycles. The van der Waals surface area contributed by atoms with E-state index in [4.69, 9.17) is 0 Å². The third-order valence-corrected chi connectivity index (χ3v) is 6.64. The predicted molar refractivity (Wildman–Crippen MR) is 125 cm³/mol. The van der Waals surface area contributed by atoms with Crippen molar-refractivity contribution in [2.75, 3.05) is 0 Å². The second-order valence-electron chi connectivity index (χ2n) is 10.0. The highest BCUT2D eigenvalue weighted by molar-refractivity contribution is 5.98. The van der Waals surface area contributed by atoms with Crippen LogP contribution in [0.3, 0.4) is 0 Å². The largest absolute Gasteiger partial charge is 0.346 e. The maximum Gasteiger partial charge on any atom is 0.251 e. The van der Waals surface area contributed by atoms with Crippen LogP contribution in [0.2, 0.25) is 0 Å². The van der Waals surface area contributed by atoms with Gasteiger partial charge in [-0.3, -0.25) is 4.79 Å². The lowest BCUT2D eigenvalue weighted by atomic mass is 9.85. The number of carbonyl (C=O) groups excluding carboxylic acids is 1. The van der Waals surface area contributed by atoms with Gasteiger partial charge in [0.05, 0.1) is 6.04 Å². The maximum absolute atomic E-state index is 13.0. The van der Waals surface area contributed by atoms with Crippen molar-refractivity contribution in [3.8, 4) is 0 Å². The molecule has 30 heavy (non-hydrogen) atoms. The van der Waals surface area contributed by atoms with Gasteiger partial charge in [-0.2, -0.15) is 0 Å². The zero-order valence-electron chi connectivity index (χ0n) is 19.0. The summed E-state index contributed by atoms with van der Waals surface area (Å²) in [6.07, 6.45) is 4.00. The second kappa shape index (κ2) is 7.94. The first-order valence-electron chi connectivity index (χ1n) is 11.2. The van der Waals surface area contributed by atoms with E-state index in [0.717, 1.165) is 23.6 Å². The van der Waals surface area contributed by atoms with E-state index in [0.29, 0.717) is 0 Å². The third-order valence-electron chi connectivity index (χ3n) is 6.64. The van der Waals surface area contributed by atoms with Crippen molar-refractivity contribution in [3.63, 3.8) is 0 Å². The fourth-order valence-corrected chi connectivity index (χ4v) is 4.35. The van der Waals surface area contributed by atoms with E-state index < -0.39 is 0 Å². The van der Waals surface area contributed by atoms with Crippen LogP contribution in [0.15, 0.2) is 48.5 Å². The van der Waals surface area contributed by atoms with E-state index >= 15 is 0 Å². The molecule has 3 aromatic rings. The Bertz CT molecular complexity index is 1070. The molecule has 4 rings (SSSR count). The van der Waals surface area contributed by atoms with Crippen molar-refractivity contribution >= 4 is 16.8 Å². The van der Waals surface area contributed by atoms with Gasteiger partial charge in [0.2, 0.25) is 0 Å². The average Bonchev–Trinajstić information content (AvgIpc) is 2.98. The van der Waals surface area contributed by atoms with Crippen molar-refractivity contribution in [2.45, 2.75) is 71.9 Å². The van der Waals surface area contributed by atoms with Crippen molar-refractivity contribution in [3.05, 3.63) is 70.9 Å². The van der Waals surface area contributed by atoms with Gasteiger partial charge in [-0.1, -0.05) is 57.5 Å². The lowest BCUT2D eigenvalue weighted by Crippen LogP contribution is -2.27. The van der Waals surface area contributed by atoms with Crippen molar-refractivity contribution in [1.29, 1.82) is 0 Å². The Hall–Kier alpha value is -2.55. The minimum Gasteiger partial charge on any atom is -0.346 e. The molecule has 1 aromatic heterocycles. The van der Waals surface area contributed by atoms with Gasteiger partial charge in [-0.05, 0) is 72.7 Å². The SMILES string of the molecule is Cc1cc2ccc(C(=O)N[C@@H](C)c3cccc(C(C)(C)C)c3)cc2n1CC1CCC1. The molecule has 1 aliphatic carbocycles. The summed E-state index contributed by atoms with van der Waals surface area (Å²) in [7, 11) is 0. The highest BCUT2D eigenvalue weighted by Gasteiger charge is 2.21. The zero-order valence-corrected chi connectivity index (χ0v) is 19.0. The number of hydrogen-bond donors (Lipinski definition) is 1. The summed E-state index contributed by atoms with van der Waals surface area (Å²) < 4.78 is 2.40. The minimum absolute atomic E-state index is 0.0143. The van der Waals surface area contributed by atoms with Crippen LogP contribution in [-0.4, -0.2) is 10.5 Å². The van der Waals surface area contributed by atoms with E-state index in [1.165, 1.54) is 41.4 Å². The van der Waals surface area contributed by atoms with Crippen LogP contribution in [0.25, 0.3) is 10.9 Å². The predicted octanol–water partition coefficient (Wildman–Crippen LogP) is 6.54. The Kier molecular flexibility index (Phi) is 5.48.